The molecule has 1 aromatic rings. The van der Waals surface area contributed by atoms with Crippen molar-refractivity contribution in [1.29, 1.82) is 0 Å². The maximum absolute atomic E-state index is 11.2. The van der Waals surface area contributed by atoms with Crippen molar-refractivity contribution in [1.82, 2.24) is 5.32 Å². The van der Waals surface area contributed by atoms with E-state index in [0.717, 1.165) is 21.7 Å². The fraction of sp³-hybridized carbons (Fsp3) is 0.533. The lowest BCUT2D eigenvalue weighted by Gasteiger charge is -2.18. The first-order valence-corrected chi connectivity index (χ1v) is 6.91. The average Bonchev–Trinajstić information content (AvgIpc) is 2.25. The van der Waals surface area contributed by atoms with Gasteiger partial charge in [0.1, 0.15) is 6.04 Å². The van der Waals surface area contributed by atoms with E-state index in [-0.39, 0.29) is 0 Å². The van der Waals surface area contributed by atoms with Gasteiger partial charge in [-0.2, -0.15) is 0 Å². The number of hydrogen-bond acceptors (Lipinski definition) is 2. The van der Waals surface area contributed by atoms with Crippen molar-refractivity contribution in [3.63, 3.8) is 0 Å². The molecule has 0 heterocycles. The number of aliphatic carboxylic acids is 1. The van der Waals surface area contributed by atoms with E-state index < -0.39 is 12.0 Å². The number of nitrogens with one attached hydrogen (secondary N) is 1. The van der Waals surface area contributed by atoms with Gasteiger partial charge in [0.25, 0.3) is 0 Å². The highest BCUT2D eigenvalue weighted by Crippen LogP contribution is 2.20. The largest absolute Gasteiger partial charge is 0.480 e. The molecule has 0 spiro atoms. The number of rotatable bonds is 6. The van der Waals surface area contributed by atoms with Crippen LogP contribution in [0.3, 0.4) is 0 Å². The zero-order valence-electron chi connectivity index (χ0n) is 12.0. The Bertz CT molecular complexity index is 434. The molecule has 1 rings (SSSR count). The zero-order chi connectivity index (χ0) is 14.6. The third-order valence-corrected chi connectivity index (χ3v) is 3.41. The van der Waals surface area contributed by atoms with E-state index in [2.05, 4.69) is 5.32 Å². The second-order valence-electron chi connectivity index (χ2n) is 5.42. The molecule has 0 saturated heterocycles. The minimum absolute atomic E-state index is 0.348. The van der Waals surface area contributed by atoms with Crippen LogP contribution in [0.5, 0.6) is 0 Å². The van der Waals surface area contributed by atoms with Gasteiger partial charge in [-0.15, -0.1) is 0 Å². The van der Waals surface area contributed by atoms with Gasteiger partial charge in [0.05, 0.1) is 0 Å². The predicted octanol–water partition coefficient (Wildman–Crippen LogP) is 3.55. The number of hydrogen-bond donors (Lipinski definition) is 2. The first-order chi connectivity index (χ1) is 8.81. The van der Waals surface area contributed by atoms with Gasteiger partial charge in [0.15, 0.2) is 0 Å². The molecular formula is C15H22ClNO2. The highest BCUT2D eigenvalue weighted by molar-refractivity contribution is 6.30. The number of carboxylic acids is 1. The maximum Gasteiger partial charge on any atom is 0.320 e. The van der Waals surface area contributed by atoms with Crippen molar-refractivity contribution >= 4 is 17.6 Å². The molecule has 1 atom stereocenters. The third kappa shape index (κ3) is 4.84. The molecule has 0 amide bonds. The lowest BCUT2D eigenvalue weighted by Crippen LogP contribution is -2.37. The summed E-state index contributed by atoms with van der Waals surface area (Å²) in [6.07, 6.45) is 0.626. The Hall–Kier alpha value is -1.06. The van der Waals surface area contributed by atoms with Crippen molar-refractivity contribution < 1.29 is 9.90 Å². The summed E-state index contributed by atoms with van der Waals surface area (Å²) in [5.41, 5.74) is 3.30. The van der Waals surface area contributed by atoms with Crippen molar-refractivity contribution in [2.45, 2.75) is 46.7 Å². The van der Waals surface area contributed by atoms with Gasteiger partial charge >= 0.3 is 5.97 Å². The normalized spacial score (nSPS) is 12.7. The van der Waals surface area contributed by atoms with Crippen molar-refractivity contribution in [3.05, 3.63) is 33.8 Å². The van der Waals surface area contributed by atoms with Crippen molar-refractivity contribution in [2.75, 3.05) is 0 Å². The van der Waals surface area contributed by atoms with Gasteiger partial charge in [0.2, 0.25) is 0 Å². The van der Waals surface area contributed by atoms with Crippen molar-refractivity contribution in [3.8, 4) is 0 Å². The van der Waals surface area contributed by atoms with Gasteiger partial charge in [-0.3, -0.25) is 4.79 Å². The van der Waals surface area contributed by atoms with Crippen LogP contribution < -0.4 is 5.32 Å². The van der Waals surface area contributed by atoms with Crippen molar-refractivity contribution in [2.24, 2.45) is 5.92 Å². The fourth-order valence-corrected chi connectivity index (χ4v) is 2.51. The highest BCUT2D eigenvalue weighted by atomic mass is 35.5. The molecule has 0 unspecified atom stereocenters. The Labute approximate surface area is 120 Å². The molecule has 0 aliphatic carbocycles. The smallest absolute Gasteiger partial charge is 0.320 e. The summed E-state index contributed by atoms with van der Waals surface area (Å²) < 4.78 is 0. The highest BCUT2D eigenvalue weighted by Gasteiger charge is 2.18. The maximum atomic E-state index is 11.2. The van der Waals surface area contributed by atoms with Gasteiger partial charge in [-0.25, -0.2) is 0 Å². The third-order valence-electron chi connectivity index (χ3n) is 3.19. The van der Waals surface area contributed by atoms with Crippen LogP contribution in [-0.2, 0) is 11.3 Å². The van der Waals surface area contributed by atoms with Crippen LogP contribution in [0.1, 0.15) is 37.0 Å². The van der Waals surface area contributed by atoms with Gasteiger partial charge in [-0.05, 0) is 55.0 Å². The molecule has 106 valence electrons. The molecule has 1 aromatic carbocycles. The van der Waals surface area contributed by atoms with Gasteiger partial charge < -0.3 is 10.4 Å². The Kier molecular flexibility index (Phi) is 5.83. The summed E-state index contributed by atoms with van der Waals surface area (Å²) in [7, 11) is 0. The molecule has 0 aromatic heterocycles. The van der Waals surface area contributed by atoms with Crippen LogP contribution in [0.15, 0.2) is 12.1 Å². The molecule has 4 heteroatoms. The van der Waals surface area contributed by atoms with E-state index in [4.69, 9.17) is 11.6 Å². The lowest BCUT2D eigenvalue weighted by atomic mass is 10.0. The molecule has 0 radical (unpaired) electrons. The molecule has 0 saturated carbocycles. The SMILES string of the molecule is Cc1cc(Cl)cc(C)c1CN[C@@H](CC(C)C)C(=O)O. The van der Waals surface area contributed by atoms with Crippen LogP contribution in [-0.4, -0.2) is 17.1 Å². The van der Waals surface area contributed by atoms with Crippen LogP contribution in [0.2, 0.25) is 5.02 Å². The van der Waals surface area contributed by atoms with Gasteiger partial charge in [-0.1, -0.05) is 25.4 Å². The second-order valence-corrected chi connectivity index (χ2v) is 5.86. The Balaban J connectivity index is 2.77. The van der Waals surface area contributed by atoms with E-state index in [0.29, 0.717) is 18.9 Å². The average molecular weight is 284 g/mol. The molecule has 0 aliphatic heterocycles. The summed E-state index contributed by atoms with van der Waals surface area (Å²) in [4.78, 5) is 11.2. The molecule has 2 N–H and O–H groups in total. The fourth-order valence-electron chi connectivity index (χ4n) is 2.19. The molecular weight excluding hydrogens is 262 g/mol. The number of halogens is 1. The summed E-state index contributed by atoms with van der Waals surface area (Å²) in [5.74, 6) is -0.445. The summed E-state index contributed by atoms with van der Waals surface area (Å²) in [6, 6.07) is 3.31. The van der Waals surface area contributed by atoms with E-state index >= 15 is 0 Å². The number of benzene rings is 1. The Morgan fingerprint density at radius 2 is 1.84 bits per heavy atom. The first-order valence-electron chi connectivity index (χ1n) is 6.53. The summed E-state index contributed by atoms with van der Waals surface area (Å²) in [5, 5.41) is 13.0. The molecule has 0 aliphatic rings. The summed E-state index contributed by atoms with van der Waals surface area (Å²) in [6.45, 7) is 8.59. The molecule has 19 heavy (non-hydrogen) atoms. The number of carboxylic acid groups (broad SMARTS) is 1. The predicted molar refractivity (Wildman–Crippen MR) is 78.6 cm³/mol. The minimum atomic E-state index is -0.794. The molecule has 0 bridgehead atoms. The van der Waals surface area contributed by atoms with E-state index in [1.54, 1.807) is 0 Å². The van der Waals surface area contributed by atoms with E-state index in [1.165, 1.54) is 0 Å². The van der Waals surface area contributed by atoms with Crippen LogP contribution in [0.4, 0.5) is 0 Å². The first kappa shape index (κ1) is 16.0. The number of carbonyl (C=O) groups is 1. The topological polar surface area (TPSA) is 49.3 Å². The number of aryl methyl sites for hydroxylation is 2. The van der Waals surface area contributed by atoms with E-state index in [1.807, 2.05) is 39.8 Å². The zero-order valence-corrected chi connectivity index (χ0v) is 12.7. The van der Waals surface area contributed by atoms with Crippen LogP contribution in [0, 0.1) is 19.8 Å². The van der Waals surface area contributed by atoms with Crippen LogP contribution in [0.25, 0.3) is 0 Å². The Morgan fingerprint density at radius 1 is 1.32 bits per heavy atom. The minimum Gasteiger partial charge on any atom is -0.480 e. The van der Waals surface area contributed by atoms with E-state index in [9.17, 15) is 9.90 Å². The van der Waals surface area contributed by atoms with Crippen LogP contribution >= 0.6 is 11.6 Å². The summed E-state index contributed by atoms with van der Waals surface area (Å²) >= 11 is 5.99. The monoisotopic (exact) mass is 283 g/mol. The lowest BCUT2D eigenvalue weighted by molar-refractivity contribution is -0.140. The van der Waals surface area contributed by atoms with Gasteiger partial charge in [0, 0.05) is 11.6 Å². The standard InChI is InChI=1S/C15H22ClNO2/c1-9(2)5-14(15(18)19)17-8-13-10(3)6-12(16)7-11(13)4/h6-7,9,14,17H,5,8H2,1-4H3,(H,18,19)/t14-/m0/s1. The molecule has 3 nitrogen and oxygen atoms in total. The molecule has 0 fully saturated rings. The quantitative estimate of drug-likeness (QED) is 0.839. The second kappa shape index (κ2) is 6.92. The Morgan fingerprint density at radius 3 is 2.26 bits per heavy atom.